The molecule has 1 heterocycles. The van der Waals surface area contributed by atoms with Crippen molar-refractivity contribution in [3.8, 4) is 0 Å². The second kappa shape index (κ2) is 5.97. The molecular formula is C17H30N2. The molecule has 3 rings (SSSR count). The van der Waals surface area contributed by atoms with Gasteiger partial charge in [-0.2, -0.15) is 0 Å². The van der Waals surface area contributed by atoms with E-state index in [4.69, 9.17) is 0 Å². The Morgan fingerprint density at radius 3 is 2.26 bits per heavy atom. The van der Waals surface area contributed by atoms with Crippen LogP contribution in [0.3, 0.4) is 0 Å². The summed E-state index contributed by atoms with van der Waals surface area (Å²) in [6, 6.07) is 0.826. The zero-order valence-corrected chi connectivity index (χ0v) is 12.7. The van der Waals surface area contributed by atoms with E-state index in [0.29, 0.717) is 0 Å². The molecule has 0 radical (unpaired) electrons. The molecule has 3 aliphatic rings. The average Bonchev–Trinajstić information content (AvgIpc) is 3.04. The summed E-state index contributed by atoms with van der Waals surface area (Å²) in [6.07, 6.45) is 10.5. The van der Waals surface area contributed by atoms with Gasteiger partial charge in [-0.15, -0.1) is 0 Å². The molecule has 19 heavy (non-hydrogen) atoms. The highest BCUT2D eigenvalue weighted by Gasteiger charge is 2.36. The van der Waals surface area contributed by atoms with Gasteiger partial charge >= 0.3 is 0 Å². The van der Waals surface area contributed by atoms with E-state index in [1.165, 1.54) is 58.4 Å². The normalized spacial score (nSPS) is 35.6. The summed E-state index contributed by atoms with van der Waals surface area (Å²) >= 11 is 0. The lowest BCUT2D eigenvalue weighted by atomic mass is 9.93. The highest BCUT2D eigenvalue weighted by atomic mass is 15.3. The quantitative estimate of drug-likeness (QED) is 0.703. The molecule has 2 aliphatic carbocycles. The second-order valence-corrected chi connectivity index (χ2v) is 6.85. The molecule has 0 spiro atoms. The van der Waals surface area contributed by atoms with Gasteiger partial charge in [-0.3, -0.25) is 4.90 Å². The summed E-state index contributed by atoms with van der Waals surface area (Å²) in [6.45, 7) is 11.2. The van der Waals surface area contributed by atoms with Gasteiger partial charge in [-0.1, -0.05) is 26.0 Å². The Hall–Kier alpha value is -0.340. The molecule has 3 atom stereocenters. The zero-order valence-electron chi connectivity index (χ0n) is 12.7. The Kier molecular flexibility index (Phi) is 4.28. The molecule has 1 saturated carbocycles. The van der Waals surface area contributed by atoms with Gasteiger partial charge in [0.15, 0.2) is 0 Å². The number of fused-ring (bicyclic) bond motifs is 2. The molecule has 2 fully saturated rings. The highest BCUT2D eigenvalue weighted by Crippen LogP contribution is 2.43. The summed E-state index contributed by atoms with van der Waals surface area (Å²) in [7, 11) is 0. The fourth-order valence-electron chi connectivity index (χ4n) is 4.55. The first-order chi connectivity index (χ1) is 9.30. The monoisotopic (exact) mass is 262 g/mol. The first-order valence-corrected chi connectivity index (χ1v) is 8.44. The average molecular weight is 262 g/mol. The smallest absolute Gasteiger partial charge is 0.0113 e. The molecule has 1 saturated heterocycles. The maximum Gasteiger partial charge on any atom is 0.0113 e. The van der Waals surface area contributed by atoms with Crippen LogP contribution in [-0.2, 0) is 0 Å². The number of hydrogen-bond acceptors (Lipinski definition) is 2. The Labute approximate surface area is 118 Å². The van der Waals surface area contributed by atoms with E-state index in [9.17, 15) is 0 Å². The minimum Gasteiger partial charge on any atom is -0.300 e. The van der Waals surface area contributed by atoms with Crippen molar-refractivity contribution in [2.45, 2.75) is 45.6 Å². The van der Waals surface area contributed by atoms with Crippen molar-refractivity contribution >= 4 is 0 Å². The van der Waals surface area contributed by atoms with E-state index in [2.05, 4.69) is 35.8 Å². The standard InChI is InChI=1S/C17H30N2/c1-3-17(4-2)19-9-7-18(8-10-19)13-16-12-14-5-6-15(16)11-14/h5-6,14-17H,3-4,7-13H2,1-2H3/t14-,15-,16-/m0/s1. The third-order valence-electron chi connectivity index (χ3n) is 5.77. The predicted molar refractivity (Wildman–Crippen MR) is 81.2 cm³/mol. The Bertz CT molecular complexity index is 313. The molecule has 0 amide bonds. The molecule has 108 valence electrons. The number of piperazine rings is 1. The van der Waals surface area contributed by atoms with Crippen LogP contribution in [0.1, 0.15) is 39.5 Å². The van der Waals surface area contributed by atoms with Gasteiger partial charge in [0.25, 0.3) is 0 Å². The van der Waals surface area contributed by atoms with Crippen LogP contribution in [0.5, 0.6) is 0 Å². The number of allylic oxidation sites excluding steroid dienone is 2. The SMILES string of the molecule is CCC(CC)N1CCN(C[C@@H]2C[C@H]3C=C[C@H]2C3)CC1. The van der Waals surface area contributed by atoms with E-state index in [1.54, 1.807) is 0 Å². The molecule has 1 aliphatic heterocycles. The van der Waals surface area contributed by atoms with Gasteiger partial charge in [0.2, 0.25) is 0 Å². The van der Waals surface area contributed by atoms with Crippen molar-refractivity contribution in [2.75, 3.05) is 32.7 Å². The lowest BCUT2D eigenvalue weighted by Gasteiger charge is -2.40. The first kappa shape index (κ1) is 13.6. The maximum atomic E-state index is 2.73. The third-order valence-corrected chi connectivity index (χ3v) is 5.77. The van der Waals surface area contributed by atoms with Crippen LogP contribution in [0, 0.1) is 17.8 Å². The fourth-order valence-corrected chi connectivity index (χ4v) is 4.55. The summed E-state index contributed by atoms with van der Waals surface area (Å²) in [5.41, 5.74) is 0. The molecule has 0 aromatic carbocycles. The molecule has 0 aromatic rings. The van der Waals surface area contributed by atoms with Crippen molar-refractivity contribution in [1.82, 2.24) is 9.80 Å². The molecule has 0 aromatic heterocycles. The Morgan fingerprint density at radius 2 is 1.74 bits per heavy atom. The lowest BCUT2D eigenvalue weighted by Crippen LogP contribution is -2.51. The van der Waals surface area contributed by atoms with Crippen LogP contribution in [0.15, 0.2) is 12.2 Å². The minimum absolute atomic E-state index is 0.826. The molecule has 2 heteroatoms. The lowest BCUT2D eigenvalue weighted by molar-refractivity contribution is 0.0796. The van der Waals surface area contributed by atoms with Crippen LogP contribution < -0.4 is 0 Å². The number of rotatable bonds is 5. The van der Waals surface area contributed by atoms with E-state index in [1.807, 2.05) is 0 Å². The van der Waals surface area contributed by atoms with Gasteiger partial charge in [-0.05, 0) is 43.4 Å². The first-order valence-electron chi connectivity index (χ1n) is 8.44. The van der Waals surface area contributed by atoms with Crippen molar-refractivity contribution in [3.05, 3.63) is 12.2 Å². The van der Waals surface area contributed by atoms with Crippen molar-refractivity contribution in [2.24, 2.45) is 17.8 Å². The van der Waals surface area contributed by atoms with Crippen LogP contribution in [0.4, 0.5) is 0 Å². The predicted octanol–water partition coefficient (Wildman–Crippen LogP) is 3.00. The Balaban J connectivity index is 1.44. The van der Waals surface area contributed by atoms with Crippen molar-refractivity contribution < 1.29 is 0 Å². The zero-order chi connectivity index (χ0) is 13.2. The highest BCUT2D eigenvalue weighted by molar-refractivity contribution is 5.10. The van der Waals surface area contributed by atoms with Gasteiger partial charge in [-0.25, -0.2) is 0 Å². The van der Waals surface area contributed by atoms with Gasteiger partial charge in [0.05, 0.1) is 0 Å². The van der Waals surface area contributed by atoms with Crippen molar-refractivity contribution in [3.63, 3.8) is 0 Å². The van der Waals surface area contributed by atoms with Crippen LogP contribution >= 0.6 is 0 Å². The molecule has 0 N–H and O–H groups in total. The number of nitrogens with zero attached hydrogens (tertiary/aromatic N) is 2. The van der Waals surface area contributed by atoms with Gasteiger partial charge in [0, 0.05) is 38.8 Å². The van der Waals surface area contributed by atoms with Crippen LogP contribution in [-0.4, -0.2) is 48.6 Å². The van der Waals surface area contributed by atoms with Gasteiger partial charge < -0.3 is 4.90 Å². The summed E-state index contributed by atoms with van der Waals surface area (Å²) in [5.74, 6) is 2.82. The van der Waals surface area contributed by atoms with Crippen LogP contribution in [0.25, 0.3) is 0 Å². The van der Waals surface area contributed by atoms with E-state index in [0.717, 1.165) is 23.8 Å². The molecule has 0 unspecified atom stereocenters. The molecular weight excluding hydrogens is 232 g/mol. The maximum absolute atomic E-state index is 2.73. The summed E-state index contributed by atoms with van der Waals surface area (Å²) in [4.78, 5) is 5.45. The summed E-state index contributed by atoms with van der Waals surface area (Å²) in [5, 5.41) is 0. The van der Waals surface area contributed by atoms with Gasteiger partial charge in [0.1, 0.15) is 0 Å². The minimum atomic E-state index is 0.826. The summed E-state index contributed by atoms with van der Waals surface area (Å²) < 4.78 is 0. The number of hydrogen-bond donors (Lipinski definition) is 0. The third kappa shape index (κ3) is 2.90. The van der Waals surface area contributed by atoms with E-state index >= 15 is 0 Å². The van der Waals surface area contributed by atoms with E-state index < -0.39 is 0 Å². The topological polar surface area (TPSA) is 6.48 Å². The Morgan fingerprint density at radius 1 is 1.00 bits per heavy atom. The van der Waals surface area contributed by atoms with E-state index in [-0.39, 0.29) is 0 Å². The molecule has 2 nitrogen and oxygen atoms in total. The van der Waals surface area contributed by atoms with Crippen LogP contribution in [0.2, 0.25) is 0 Å². The van der Waals surface area contributed by atoms with Crippen molar-refractivity contribution in [1.29, 1.82) is 0 Å². The second-order valence-electron chi connectivity index (χ2n) is 6.85. The largest absolute Gasteiger partial charge is 0.300 e. The molecule has 2 bridgehead atoms. The fraction of sp³-hybridized carbons (Fsp3) is 0.882.